The van der Waals surface area contributed by atoms with E-state index >= 15 is 0 Å². The average molecular weight is 303 g/mol. The number of fused-ring (bicyclic) bond motifs is 2. The topological polar surface area (TPSA) is 3.24 Å². The Bertz CT molecular complexity index is 779. The Hall–Kier alpha value is -2.12. The van der Waals surface area contributed by atoms with E-state index in [9.17, 15) is 0 Å². The van der Waals surface area contributed by atoms with Crippen LogP contribution in [-0.2, 0) is 0 Å². The Labute approximate surface area is 140 Å². The molecule has 0 amide bonds. The molecule has 0 bridgehead atoms. The molecular formula is C22H25N. The van der Waals surface area contributed by atoms with Crippen molar-refractivity contribution in [3.05, 3.63) is 75.9 Å². The molecule has 0 saturated carbocycles. The maximum absolute atomic E-state index is 2.41. The fourth-order valence-electron chi connectivity index (χ4n) is 3.26. The van der Waals surface area contributed by atoms with E-state index < -0.39 is 0 Å². The first-order valence-corrected chi connectivity index (χ1v) is 8.30. The van der Waals surface area contributed by atoms with Gasteiger partial charge >= 0.3 is 0 Å². The van der Waals surface area contributed by atoms with Gasteiger partial charge in [-0.05, 0) is 67.8 Å². The molecule has 23 heavy (non-hydrogen) atoms. The summed E-state index contributed by atoms with van der Waals surface area (Å²) in [6.07, 6.45) is 7.98. The summed E-state index contributed by atoms with van der Waals surface area (Å²) in [7, 11) is 4.26. The number of benzene rings is 2. The summed E-state index contributed by atoms with van der Waals surface area (Å²) in [5.41, 5.74) is 9.38. The molecule has 0 atom stereocenters. The fourth-order valence-corrected chi connectivity index (χ4v) is 3.26. The predicted molar refractivity (Wildman–Crippen MR) is 102 cm³/mol. The summed E-state index contributed by atoms with van der Waals surface area (Å²) >= 11 is 0. The van der Waals surface area contributed by atoms with Crippen LogP contribution < -0.4 is 0 Å². The number of aryl methyl sites for hydroxylation is 2. The molecule has 0 aromatic heterocycles. The van der Waals surface area contributed by atoms with Crippen LogP contribution in [0.4, 0.5) is 0 Å². The van der Waals surface area contributed by atoms with E-state index in [4.69, 9.17) is 0 Å². The lowest BCUT2D eigenvalue weighted by molar-refractivity contribution is 0.417. The van der Waals surface area contributed by atoms with E-state index in [1.807, 2.05) is 0 Å². The minimum absolute atomic E-state index is 1.06. The van der Waals surface area contributed by atoms with Crippen molar-refractivity contribution in [2.45, 2.75) is 20.3 Å². The monoisotopic (exact) mass is 303 g/mol. The highest BCUT2D eigenvalue weighted by Crippen LogP contribution is 2.36. The van der Waals surface area contributed by atoms with Crippen LogP contribution in [0.2, 0.25) is 0 Å². The molecule has 1 heteroatoms. The quantitative estimate of drug-likeness (QED) is 0.645. The van der Waals surface area contributed by atoms with Crippen LogP contribution in [0.1, 0.15) is 39.8 Å². The van der Waals surface area contributed by atoms with E-state index in [-0.39, 0.29) is 0 Å². The Kier molecular flexibility index (Phi) is 4.49. The third kappa shape index (κ3) is 3.30. The summed E-state index contributed by atoms with van der Waals surface area (Å²) < 4.78 is 0. The highest BCUT2D eigenvalue weighted by Gasteiger charge is 2.16. The molecule has 0 fully saturated rings. The molecule has 0 saturated heterocycles. The summed E-state index contributed by atoms with van der Waals surface area (Å²) in [5, 5.41) is 0. The molecule has 0 heterocycles. The smallest absolute Gasteiger partial charge is 0.00101 e. The molecule has 2 aromatic rings. The molecule has 0 N–H and O–H groups in total. The molecule has 3 rings (SSSR count). The molecule has 0 aliphatic heterocycles. The Balaban J connectivity index is 2.18. The van der Waals surface area contributed by atoms with Crippen molar-refractivity contribution in [2.24, 2.45) is 0 Å². The van der Waals surface area contributed by atoms with Crippen molar-refractivity contribution in [3.8, 4) is 0 Å². The Morgan fingerprint density at radius 2 is 1.74 bits per heavy atom. The van der Waals surface area contributed by atoms with Gasteiger partial charge in [0.25, 0.3) is 0 Å². The van der Waals surface area contributed by atoms with Gasteiger partial charge in [0.15, 0.2) is 0 Å². The zero-order chi connectivity index (χ0) is 16.4. The third-order valence-electron chi connectivity index (χ3n) is 4.44. The molecule has 0 unspecified atom stereocenters. The molecule has 118 valence electrons. The van der Waals surface area contributed by atoms with E-state index in [1.165, 1.54) is 39.0 Å². The van der Waals surface area contributed by atoms with E-state index in [1.54, 1.807) is 0 Å². The van der Waals surface area contributed by atoms with Gasteiger partial charge in [-0.25, -0.2) is 0 Å². The van der Waals surface area contributed by atoms with Gasteiger partial charge in [-0.2, -0.15) is 0 Å². The molecular weight excluding hydrogens is 278 g/mol. The maximum atomic E-state index is 2.41. The zero-order valence-electron chi connectivity index (χ0n) is 14.6. The summed E-state index contributed by atoms with van der Waals surface area (Å²) in [5.74, 6) is 0. The Morgan fingerprint density at radius 3 is 2.52 bits per heavy atom. The van der Waals surface area contributed by atoms with Gasteiger partial charge in [-0.3, -0.25) is 0 Å². The van der Waals surface area contributed by atoms with Crippen molar-refractivity contribution in [1.29, 1.82) is 0 Å². The number of hydrogen-bond donors (Lipinski definition) is 0. The summed E-state index contributed by atoms with van der Waals surface area (Å²) in [6.45, 7) is 5.44. The van der Waals surface area contributed by atoms with Crippen LogP contribution in [0, 0.1) is 13.8 Å². The highest BCUT2D eigenvalue weighted by molar-refractivity contribution is 5.94. The second-order valence-corrected chi connectivity index (χ2v) is 6.67. The second-order valence-electron chi connectivity index (χ2n) is 6.67. The second kappa shape index (κ2) is 6.55. The molecule has 0 radical (unpaired) electrons. The minimum atomic E-state index is 1.06. The molecule has 1 aliphatic rings. The average Bonchev–Trinajstić information content (AvgIpc) is 2.65. The lowest BCUT2D eigenvalue weighted by Crippen LogP contribution is -2.12. The summed E-state index contributed by atoms with van der Waals surface area (Å²) in [4.78, 5) is 2.24. The minimum Gasteiger partial charge on any atom is -0.309 e. The molecule has 0 spiro atoms. The van der Waals surface area contributed by atoms with Crippen LogP contribution in [0.25, 0.3) is 17.7 Å². The first-order chi connectivity index (χ1) is 11.1. The fraction of sp³-hybridized carbons (Fsp3) is 0.273. The third-order valence-corrected chi connectivity index (χ3v) is 4.44. The van der Waals surface area contributed by atoms with Gasteiger partial charge in [-0.1, -0.05) is 60.2 Å². The molecule has 2 aromatic carbocycles. The Morgan fingerprint density at radius 1 is 0.957 bits per heavy atom. The molecule has 1 aliphatic carbocycles. The highest BCUT2D eigenvalue weighted by atomic mass is 15.0. The SMILES string of the molecule is Cc1ccc2c(c1)C=Cc1cccc(C)c1/C2=C/CCN(C)C. The van der Waals surface area contributed by atoms with E-state index in [0.717, 1.165) is 13.0 Å². The van der Waals surface area contributed by atoms with Gasteiger partial charge in [0.1, 0.15) is 0 Å². The largest absolute Gasteiger partial charge is 0.309 e. The van der Waals surface area contributed by atoms with Gasteiger partial charge in [0.2, 0.25) is 0 Å². The van der Waals surface area contributed by atoms with Gasteiger partial charge in [-0.15, -0.1) is 0 Å². The summed E-state index contributed by atoms with van der Waals surface area (Å²) in [6, 6.07) is 13.4. The van der Waals surface area contributed by atoms with Gasteiger partial charge in [0, 0.05) is 6.54 Å². The van der Waals surface area contributed by atoms with Gasteiger partial charge in [0.05, 0.1) is 0 Å². The van der Waals surface area contributed by atoms with Crippen molar-refractivity contribution < 1.29 is 0 Å². The number of nitrogens with zero attached hydrogens (tertiary/aromatic N) is 1. The number of rotatable bonds is 3. The molecule has 1 nitrogen and oxygen atoms in total. The first kappa shape index (κ1) is 15.8. The van der Waals surface area contributed by atoms with Crippen molar-refractivity contribution in [1.82, 2.24) is 4.90 Å². The first-order valence-electron chi connectivity index (χ1n) is 8.30. The maximum Gasteiger partial charge on any atom is 0.00101 e. The van der Waals surface area contributed by atoms with Crippen molar-refractivity contribution in [2.75, 3.05) is 20.6 Å². The van der Waals surface area contributed by atoms with E-state index in [0.29, 0.717) is 0 Å². The van der Waals surface area contributed by atoms with Crippen LogP contribution in [0.15, 0.2) is 42.5 Å². The lowest BCUT2D eigenvalue weighted by atomic mass is 9.89. The van der Waals surface area contributed by atoms with Gasteiger partial charge < -0.3 is 4.90 Å². The van der Waals surface area contributed by atoms with E-state index in [2.05, 4.69) is 87.5 Å². The standard InChI is InChI=1S/C22H25N/c1-16-10-13-20-19(15-16)12-11-18-8-5-7-17(2)22(18)21(20)9-6-14-23(3)4/h5,7-13,15H,6,14H2,1-4H3/b21-9+. The van der Waals surface area contributed by atoms with Crippen LogP contribution in [0.5, 0.6) is 0 Å². The van der Waals surface area contributed by atoms with Crippen LogP contribution in [-0.4, -0.2) is 25.5 Å². The van der Waals surface area contributed by atoms with Crippen molar-refractivity contribution in [3.63, 3.8) is 0 Å². The van der Waals surface area contributed by atoms with Crippen molar-refractivity contribution >= 4 is 17.7 Å². The lowest BCUT2D eigenvalue weighted by Gasteiger charge is -2.16. The normalized spacial score (nSPS) is 14.7. The number of hydrogen-bond acceptors (Lipinski definition) is 1. The predicted octanol–water partition coefficient (Wildman–Crippen LogP) is 5.17. The zero-order valence-corrected chi connectivity index (χ0v) is 14.6. The van der Waals surface area contributed by atoms with Crippen LogP contribution >= 0.6 is 0 Å². The van der Waals surface area contributed by atoms with Crippen LogP contribution in [0.3, 0.4) is 0 Å².